The van der Waals surface area contributed by atoms with Gasteiger partial charge in [0.1, 0.15) is 12.5 Å². The van der Waals surface area contributed by atoms with Gasteiger partial charge in [0.25, 0.3) is 5.56 Å². The molecule has 0 bridgehead atoms. The van der Waals surface area contributed by atoms with E-state index in [0.29, 0.717) is 21.0 Å². The van der Waals surface area contributed by atoms with Crippen molar-refractivity contribution in [2.75, 3.05) is 0 Å². The molecule has 3 rings (SSSR count). The minimum absolute atomic E-state index is 0.232. The van der Waals surface area contributed by atoms with Crippen LogP contribution in [0.4, 0.5) is 0 Å². The molecule has 0 saturated carbocycles. The van der Waals surface area contributed by atoms with Gasteiger partial charge in [0.15, 0.2) is 0 Å². The molecule has 0 aliphatic heterocycles. The number of nitrogens with zero attached hydrogens (tertiary/aromatic N) is 2. The van der Waals surface area contributed by atoms with Crippen LogP contribution in [0.5, 0.6) is 0 Å². The SMILES string of the molecule is [B]c1cc2c(s1)c(=O)ncn2Cc1ccc(Cl)cc1. The van der Waals surface area contributed by atoms with Gasteiger partial charge in [-0.05, 0) is 28.5 Å². The van der Waals surface area contributed by atoms with Crippen LogP contribution < -0.4 is 10.3 Å². The molecule has 2 heterocycles. The average Bonchev–Trinajstić information content (AvgIpc) is 2.78. The molecule has 0 saturated heterocycles. The number of thiophene rings is 1. The number of hydrogen-bond acceptors (Lipinski definition) is 3. The molecular weight excluding hydrogens is 278 g/mol. The van der Waals surface area contributed by atoms with Crippen LogP contribution in [0.3, 0.4) is 0 Å². The van der Waals surface area contributed by atoms with Crippen molar-refractivity contribution in [3.05, 3.63) is 57.6 Å². The lowest BCUT2D eigenvalue weighted by Gasteiger charge is -2.07. The maximum atomic E-state index is 11.7. The van der Waals surface area contributed by atoms with E-state index in [1.807, 2.05) is 28.8 Å². The molecule has 0 amide bonds. The maximum Gasteiger partial charge on any atom is 0.290 e. The van der Waals surface area contributed by atoms with Crippen LogP contribution in [-0.2, 0) is 6.54 Å². The van der Waals surface area contributed by atoms with E-state index in [2.05, 4.69) is 4.98 Å². The van der Waals surface area contributed by atoms with E-state index in [4.69, 9.17) is 19.4 Å². The number of halogens is 1. The van der Waals surface area contributed by atoms with Crippen molar-refractivity contribution in [1.29, 1.82) is 0 Å². The summed E-state index contributed by atoms with van der Waals surface area (Å²) in [6.07, 6.45) is 1.55. The predicted octanol–water partition coefficient (Wildman–Crippen LogP) is 1.95. The number of fused-ring (bicyclic) bond motifs is 1. The third kappa shape index (κ3) is 2.44. The normalized spacial score (nSPS) is 11.0. The molecule has 3 aromatic rings. The third-order valence-corrected chi connectivity index (χ3v) is 4.01. The summed E-state index contributed by atoms with van der Waals surface area (Å²) in [7, 11) is 5.76. The first kappa shape index (κ1) is 12.4. The lowest BCUT2D eigenvalue weighted by atomic mass is 10.1. The molecule has 0 aliphatic rings. The predicted molar refractivity (Wildman–Crippen MR) is 79.8 cm³/mol. The van der Waals surface area contributed by atoms with Crippen molar-refractivity contribution >= 4 is 45.8 Å². The first-order valence-electron chi connectivity index (χ1n) is 5.62. The van der Waals surface area contributed by atoms with E-state index in [0.717, 1.165) is 11.1 Å². The summed E-state index contributed by atoms with van der Waals surface area (Å²) >= 11 is 7.13. The highest BCUT2D eigenvalue weighted by molar-refractivity contribution is 7.26. The Labute approximate surface area is 119 Å². The summed E-state index contributed by atoms with van der Waals surface area (Å²) in [5, 5.41) is 0.701. The second kappa shape index (κ2) is 4.83. The Hall–Kier alpha value is -1.59. The Bertz CT molecular complexity index is 795. The summed E-state index contributed by atoms with van der Waals surface area (Å²) in [6.45, 7) is 0.622. The van der Waals surface area contributed by atoms with E-state index >= 15 is 0 Å². The van der Waals surface area contributed by atoms with Crippen molar-refractivity contribution in [1.82, 2.24) is 9.55 Å². The molecule has 0 spiro atoms. The molecule has 0 N–H and O–H groups in total. The molecule has 19 heavy (non-hydrogen) atoms. The van der Waals surface area contributed by atoms with Gasteiger partial charge >= 0.3 is 0 Å². The van der Waals surface area contributed by atoms with E-state index in [1.54, 1.807) is 12.4 Å². The molecule has 0 fully saturated rings. The van der Waals surface area contributed by atoms with Crippen LogP contribution in [0.25, 0.3) is 10.2 Å². The van der Waals surface area contributed by atoms with Gasteiger partial charge in [0.2, 0.25) is 0 Å². The van der Waals surface area contributed by atoms with E-state index in [-0.39, 0.29) is 5.56 Å². The Kier molecular flexibility index (Phi) is 3.17. The van der Waals surface area contributed by atoms with Gasteiger partial charge in [0, 0.05) is 11.6 Å². The Morgan fingerprint density at radius 1 is 1.32 bits per heavy atom. The fourth-order valence-electron chi connectivity index (χ4n) is 1.92. The zero-order valence-electron chi connectivity index (χ0n) is 9.84. The summed E-state index contributed by atoms with van der Waals surface area (Å²) < 4.78 is 3.12. The monoisotopic (exact) mass is 286 g/mol. The van der Waals surface area contributed by atoms with Crippen LogP contribution in [0, 0.1) is 0 Å². The van der Waals surface area contributed by atoms with Gasteiger partial charge in [0.05, 0.1) is 11.8 Å². The van der Waals surface area contributed by atoms with Crippen LogP contribution >= 0.6 is 22.9 Å². The minimum Gasteiger partial charge on any atom is -0.326 e. The van der Waals surface area contributed by atoms with E-state index in [9.17, 15) is 4.79 Å². The molecule has 1 aromatic carbocycles. The fraction of sp³-hybridized carbons (Fsp3) is 0.0769. The Morgan fingerprint density at radius 3 is 2.79 bits per heavy atom. The van der Waals surface area contributed by atoms with Crippen LogP contribution in [0.2, 0.25) is 5.02 Å². The second-order valence-corrected chi connectivity index (χ2v) is 5.69. The zero-order chi connectivity index (χ0) is 13.4. The van der Waals surface area contributed by atoms with Gasteiger partial charge in [-0.2, -0.15) is 4.98 Å². The molecule has 92 valence electrons. The molecular formula is C13H8BClN2OS. The topological polar surface area (TPSA) is 34.9 Å². The molecule has 6 heteroatoms. The molecule has 3 nitrogen and oxygen atoms in total. The zero-order valence-corrected chi connectivity index (χ0v) is 11.4. The Balaban J connectivity index is 2.08. The highest BCUT2D eigenvalue weighted by Crippen LogP contribution is 2.16. The smallest absolute Gasteiger partial charge is 0.290 e. The average molecular weight is 287 g/mol. The highest BCUT2D eigenvalue weighted by atomic mass is 35.5. The lowest BCUT2D eigenvalue weighted by Crippen LogP contribution is -2.11. The van der Waals surface area contributed by atoms with Crippen molar-refractivity contribution < 1.29 is 0 Å². The van der Waals surface area contributed by atoms with Gasteiger partial charge in [-0.25, -0.2) is 0 Å². The quantitative estimate of drug-likeness (QED) is 0.675. The highest BCUT2D eigenvalue weighted by Gasteiger charge is 2.07. The number of rotatable bonds is 2. The number of aromatic nitrogens is 2. The maximum absolute atomic E-state index is 11.7. The summed E-state index contributed by atoms with van der Waals surface area (Å²) in [5.74, 6) is 0. The summed E-state index contributed by atoms with van der Waals surface area (Å²) in [5.41, 5.74) is 1.67. The van der Waals surface area contributed by atoms with E-state index in [1.165, 1.54) is 11.3 Å². The van der Waals surface area contributed by atoms with Crippen molar-refractivity contribution in [2.24, 2.45) is 0 Å². The summed E-state index contributed by atoms with van der Waals surface area (Å²) in [4.78, 5) is 15.5. The first-order chi connectivity index (χ1) is 9.13. The minimum atomic E-state index is -0.232. The second-order valence-electron chi connectivity index (χ2n) is 4.17. The van der Waals surface area contributed by atoms with Crippen molar-refractivity contribution in [3.63, 3.8) is 0 Å². The largest absolute Gasteiger partial charge is 0.326 e. The molecule has 0 unspecified atom stereocenters. The number of benzene rings is 1. The van der Waals surface area contributed by atoms with Crippen molar-refractivity contribution in [2.45, 2.75) is 6.54 Å². The molecule has 0 aliphatic carbocycles. The molecule has 2 radical (unpaired) electrons. The standard InChI is InChI=1S/C13H8BClN2OS/c14-11-5-10-12(19-11)13(18)16-7-17(10)6-8-1-3-9(15)4-2-8/h1-5,7H,6H2. The van der Waals surface area contributed by atoms with E-state index < -0.39 is 0 Å². The van der Waals surface area contributed by atoms with Crippen molar-refractivity contribution in [3.8, 4) is 0 Å². The first-order valence-corrected chi connectivity index (χ1v) is 6.82. The molecule has 2 aromatic heterocycles. The Morgan fingerprint density at radius 2 is 2.05 bits per heavy atom. The van der Waals surface area contributed by atoms with Gasteiger partial charge in [-0.1, -0.05) is 23.7 Å². The fourth-order valence-corrected chi connectivity index (χ4v) is 2.87. The van der Waals surface area contributed by atoms with Crippen LogP contribution in [-0.4, -0.2) is 17.4 Å². The molecule has 0 atom stereocenters. The van der Waals surface area contributed by atoms with Gasteiger partial charge < -0.3 is 4.57 Å². The lowest BCUT2D eigenvalue weighted by molar-refractivity contribution is 0.800. The third-order valence-electron chi connectivity index (χ3n) is 2.82. The van der Waals surface area contributed by atoms with Gasteiger partial charge in [-0.3, -0.25) is 4.79 Å². The van der Waals surface area contributed by atoms with Gasteiger partial charge in [-0.15, -0.1) is 11.3 Å². The summed E-state index contributed by atoms with van der Waals surface area (Å²) in [6, 6.07) is 9.38. The van der Waals surface area contributed by atoms with Crippen LogP contribution in [0.1, 0.15) is 5.56 Å². The number of hydrogen-bond donors (Lipinski definition) is 0. The van der Waals surface area contributed by atoms with Crippen LogP contribution in [0.15, 0.2) is 41.5 Å².